The maximum Gasteiger partial charge on any atom is 0.408 e. The van der Waals surface area contributed by atoms with Gasteiger partial charge in [-0.25, -0.2) is 9.59 Å². The number of nitro groups is 1. The Labute approximate surface area is 140 Å². The molecule has 0 aromatic heterocycles. The summed E-state index contributed by atoms with van der Waals surface area (Å²) in [6.45, 7) is 6.48. The van der Waals surface area contributed by atoms with Gasteiger partial charge >= 0.3 is 12.1 Å². The summed E-state index contributed by atoms with van der Waals surface area (Å²) < 4.78 is 9.76. The highest BCUT2D eigenvalue weighted by Crippen LogP contribution is 2.21. The number of ether oxygens (including phenoxy) is 2. The van der Waals surface area contributed by atoms with Gasteiger partial charge in [0.25, 0.3) is 0 Å². The third kappa shape index (κ3) is 5.53. The molecule has 1 N–H and O–H groups in total. The van der Waals surface area contributed by atoms with E-state index in [1.807, 2.05) is 0 Å². The average Bonchev–Trinajstić information content (AvgIpc) is 2.49. The summed E-state index contributed by atoms with van der Waals surface area (Å²) in [5.41, 5.74) is 0.0741. The number of carbonyl (C=O) groups is 2. The summed E-state index contributed by atoms with van der Waals surface area (Å²) in [6.07, 6.45) is -0.752. The fraction of sp³-hybridized carbons (Fsp3) is 0.500. The summed E-state index contributed by atoms with van der Waals surface area (Å²) in [6, 6.07) is 4.06. The van der Waals surface area contributed by atoms with E-state index >= 15 is 0 Å². The number of hydrogen-bond donors (Lipinski definition) is 1. The molecule has 0 radical (unpaired) electrons. The Morgan fingerprint density at radius 3 is 2.17 bits per heavy atom. The van der Waals surface area contributed by atoms with Crippen LogP contribution in [0.3, 0.4) is 0 Å². The molecule has 0 fully saturated rings. The first-order valence-corrected chi connectivity index (χ1v) is 7.36. The second-order valence-corrected chi connectivity index (χ2v) is 6.26. The van der Waals surface area contributed by atoms with Crippen LogP contribution in [-0.2, 0) is 9.47 Å². The number of nitrogens with zero attached hydrogens (tertiary/aromatic N) is 1. The molecule has 0 bridgehead atoms. The number of esters is 1. The van der Waals surface area contributed by atoms with E-state index in [1.165, 1.54) is 38.3 Å². The number of benzene rings is 1. The van der Waals surface area contributed by atoms with Crippen LogP contribution in [0.1, 0.15) is 49.7 Å². The molecule has 0 heterocycles. The van der Waals surface area contributed by atoms with Crippen LogP contribution < -0.4 is 5.32 Å². The fourth-order valence-electron chi connectivity index (χ4n) is 1.98. The Kier molecular flexibility index (Phi) is 6.27. The molecule has 0 saturated carbocycles. The lowest BCUT2D eigenvalue weighted by molar-refractivity contribution is -0.523. The maximum atomic E-state index is 12.0. The lowest BCUT2D eigenvalue weighted by atomic mass is 9.99. The summed E-state index contributed by atoms with van der Waals surface area (Å²) in [5, 5.41) is 13.7. The van der Waals surface area contributed by atoms with Gasteiger partial charge in [0.1, 0.15) is 11.6 Å². The Morgan fingerprint density at radius 1 is 1.21 bits per heavy atom. The van der Waals surface area contributed by atoms with Crippen molar-refractivity contribution in [1.29, 1.82) is 0 Å². The summed E-state index contributed by atoms with van der Waals surface area (Å²) in [5.74, 6) is -0.513. The molecule has 24 heavy (non-hydrogen) atoms. The Morgan fingerprint density at radius 2 is 1.75 bits per heavy atom. The number of methoxy groups -OCH3 is 1. The van der Waals surface area contributed by atoms with E-state index in [2.05, 4.69) is 10.1 Å². The number of alkyl carbamates (subject to hydrolysis) is 1. The molecule has 8 nitrogen and oxygen atoms in total. The van der Waals surface area contributed by atoms with E-state index in [0.717, 1.165) is 0 Å². The molecular weight excluding hydrogens is 316 g/mol. The van der Waals surface area contributed by atoms with Gasteiger partial charge in [0.2, 0.25) is 6.04 Å². The van der Waals surface area contributed by atoms with Crippen molar-refractivity contribution in [2.45, 2.75) is 45.4 Å². The molecule has 2 atom stereocenters. The van der Waals surface area contributed by atoms with Gasteiger partial charge < -0.3 is 14.8 Å². The third-order valence-corrected chi connectivity index (χ3v) is 3.18. The molecule has 0 aliphatic rings. The van der Waals surface area contributed by atoms with Crippen LogP contribution >= 0.6 is 0 Å². The van der Waals surface area contributed by atoms with Gasteiger partial charge in [0, 0.05) is 11.8 Å². The molecule has 0 aliphatic carbocycles. The zero-order chi connectivity index (χ0) is 18.5. The summed E-state index contributed by atoms with van der Waals surface area (Å²) in [4.78, 5) is 34.1. The number of carbonyl (C=O) groups excluding carboxylic acids is 2. The normalized spacial score (nSPS) is 13.5. The third-order valence-electron chi connectivity index (χ3n) is 3.18. The van der Waals surface area contributed by atoms with Crippen LogP contribution in [0.4, 0.5) is 4.79 Å². The standard InChI is InChI=1S/C16H22N2O6/c1-10(18(21)22)13(17-15(20)24-16(2,3)4)11-6-8-12(9-7-11)14(19)23-5/h6-10,13H,1-5H3,(H,17,20)/t10-,13-/m0/s1. The van der Waals surface area contributed by atoms with Gasteiger partial charge in [-0.1, -0.05) is 12.1 Å². The Hall–Kier alpha value is -2.64. The van der Waals surface area contributed by atoms with Gasteiger partial charge in [-0.05, 0) is 38.5 Å². The molecule has 0 spiro atoms. The predicted molar refractivity (Wildman–Crippen MR) is 86.3 cm³/mol. The van der Waals surface area contributed by atoms with Gasteiger partial charge in [-0.3, -0.25) is 10.1 Å². The second-order valence-electron chi connectivity index (χ2n) is 6.26. The topological polar surface area (TPSA) is 108 Å². The van der Waals surface area contributed by atoms with Gasteiger partial charge in [-0.15, -0.1) is 0 Å². The second kappa shape index (κ2) is 7.76. The first-order chi connectivity index (χ1) is 11.0. The number of amides is 1. The maximum absolute atomic E-state index is 12.0. The van der Waals surface area contributed by atoms with Crippen molar-refractivity contribution in [2.24, 2.45) is 0 Å². The highest BCUT2D eigenvalue weighted by Gasteiger charge is 2.31. The highest BCUT2D eigenvalue weighted by atomic mass is 16.6. The van der Waals surface area contributed by atoms with Crippen LogP contribution in [0, 0.1) is 10.1 Å². The van der Waals surface area contributed by atoms with Crippen molar-refractivity contribution in [3.05, 3.63) is 45.5 Å². The quantitative estimate of drug-likeness (QED) is 0.502. The molecule has 0 aliphatic heterocycles. The molecule has 1 amide bonds. The molecule has 132 valence electrons. The van der Waals surface area contributed by atoms with E-state index in [0.29, 0.717) is 11.1 Å². The molecule has 0 unspecified atom stereocenters. The van der Waals surface area contributed by atoms with E-state index in [1.54, 1.807) is 20.8 Å². The van der Waals surface area contributed by atoms with Crippen LogP contribution in [0.25, 0.3) is 0 Å². The zero-order valence-corrected chi connectivity index (χ0v) is 14.4. The first kappa shape index (κ1) is 19.4. The largest absolute Gasteiger partial charge is 0.465 e. The first-order valence-electron chi connectivity index (χ1n) is 7.36. The molecule has 1 rings (SSSR count). The van der Waals surface area contributed by atoms with Crippen molar-refractivity contribution >= 4 is 12.1 Å². The lowest BCUT2D eigenvalue weighted by Crippen LogP contribution is -2.41. The number of nitrogens with one attached hydrogen (secondary N) is 1. The van der Waals surface area contributed by atoms with Crippen LogP contribution in [0.5, 0.6) is 0 Å². The molecule has 8 heteroatoms. The Bertz CT molecular complexity index is 606. The van der Waals surface area contributed by atoms with Crippen molar-refractivity contribution in [2.75, 3.05) is 7.11 Å². The van der Waals surface area contributed by atoms with Crippen LogP contribution in [0.15, 0.2) is 24.3 Å². The highest BCUT2D eigenvalue weighted by molar-refractivity contribution is 5.89. The number of rotatable bonds is 5. The minimum atomic E-state index is -1.08. The van der Waals surface area contributed by atoms with Gasteiger partial charge in [-0.2, -0.15) is 0 Å². The van der Waals surface area contributed by atoms with Gasteiger partial charge in [0.05, 0.1) is 12.7 Å². The smallest absolute Gasteiger partial charge is 0.408 e. The van der Waals surface area contributed by atoms with Crippen molar-refractivity contribution in [1.82, 2.24) is 5.32 Å². The summed E-state index contributed by atoms with van der Waals surface area (Å²) in [7, 11) is 1.26. The van der Waals surface area contributed by atoms with E-state index < -0.39 is 34.7 Å². The molecule has 0 saturated heterocycles. The average molecular weight is 338 g/mol. The summed E-state index contributed by atoms with van der Waals surface area (Å²) >= 11 is 0. The zero-order valence-electron chi connectivity index (χ0n) is 14.4. The lowest BCUT2D eigenvalue weighted by Gasteiger charge is -2.24. The predicted octanol–water partition coefficient (Wildman–Crippen LogP) is 2.70. The van der Waals surface area contributed by atoms with E-state index in [9.17, 15) is 19.7 Å². The van der Waals surface area contributed by atoms with Crippen LogP contribution in [-0.4, -0.2) is 35.7 Å². The fourth-order valence-corrected chi connectivity index (χ4v) is 1.98. The molecular formula is C16H22N2O6. The minimum absolute atomic E-state index is 0.311. The van der Waals surface area contributed by atoms with Crippen LogP contribution in [0.2, 0.25) is 0 Å². The van der Waals surface area contributed by atoms with Crippen molar-refractivity contribution in [3.63, 3.8) is 0 Å². The van der Waals surface area contributed by atoms with Gasteiger partial charge in [0.15, 0.2) is 0 Å². The van der Waals surface area contributed by atoms with E-state index in [-0.39, 0.29) is 0 Å². The SMILES string of the molecule is COC(=O)c1ccc([C@@H](NC(=O)OC(C)(C)C)[C@H](C)[N+](=O)[O-])cc1. The van der Waals surface area contributed by atoms with Crippen molar-refractivity contribution < 1.29 is 24.0 Å². The Balaban J connectivity index is 3.04. The molecule has 1 aromatic rings. The number of hydrogen-bond acceptors (Lipinski definition) is 6. The van der Waals surface area contributed by atoms with Crippen molar-refractivity contribution in [3.8, 4) is 0 Å². The minimum Gasteiger partial charge on any atom is -0.465 e. The molecule has 1 aromatic carbocycles. The van der Waals surface area contributed by atoms with E-state index in [4.69, 9.17) is 4.74 Å². The monoisotopic (exact) mass is 338 g/mol.